The molecule has 0 radical (unpaired) electrons. The molecular formula is C17H35N2NaO2S2. The predicted octanol–water partition coefficient (Wildman–Crippen LogP) is 2.12. The zero-order valence-corrected chi connectivity index (χ0v) is 19.1. The second-order valence-electron chi connectivity index (χ2n) is 6.78. The molecule has 2 rings (SSSR count). The van der Waals surface area contributed by atoms with Crippen LogP contribution < -0.4 is 35.3 Å². The molecule has 0 spiro atoms. The zero-order chi connectivity index (χ0) is 16.9. The summed E-state index contributed by atoms with van der Waals surface area (Å²) in [5, 5.41) is 0. The fourth-order valence-corrected chi connectivity index (χ4v) is 3.67. The van der Waals surface area contributed by atoms with Gasteiger partial charge in [0.15, 0.2) is 0 Å². The summed E-state index contributed by atoms with van der Waals surface area (Å²) in [6.07, 6.45) is 15.6. The van der Waals surface area contributed by atoms with Gasteiger partial charge in [-0.25, -0.2) is 4.79 Å². The van der Waals surface area contributed by atoms with Crippen molar-refractivity contribution in [3.05, 3.63) is 0 Å². The summed E-state index contributed by atoms with van der Waals surface area (Å²) >= 11 is 7.43. The number of carbonyl (C=O) groups is 1. The van der Waals surface area contributed by atoms with Crippen LogP contribution in [0.2, 0.25) is 0 Å². The van der Waals surface area contributed by atoms with Crippen LogP contribution in [0.1, 0.15) is 78.5 Å². The number of amides is 1. The van der Waals surface area contributed by atoms with Crippen molar-refractivity contribution in [1.82, 2.24) is 3.71 Å². The number of nitrogens with two attached hydrogens (primary N) is 1. The molecule has 0 bridgehead atoms. The van der Waals surface area contributed by atoms with E-state index in [1.54, 1.807) is 0 Å². The number of ether oxygens (including phenoxy) is 1. The monoisotopic (exact) mass is 386 g/mol. The molecule has 24 heavy (non-hydrogen) atoms. The Hall–Kier alpha value is 0.930. The maximum absolute atomic E-state index is 10.9. The van der Waals surface area contributed by atoms with Crippen LogP contribution in [0.3, 0.4) is 0 Å². The molecule has 1 amide bonds. The van der Waals surface area contributed by atoms with Crippen LogP contribution in [0.15, 0.2) is 0 Å². The van der Waals surface area contributed by atoms with Crippen LogP contribution in [0.5, 0.6) is 0 Å². The Morgan fingerprint density at radius 3 is 1.83 bits per heavy atom. The zero-order valence-electron chi connectivity index (χ0n) is 16.3. The van der Waals surface area contributed by atoms with Gasteiger partial charge in [-0.15, -0.1) is 0 Å². The molecule has 138 valence electrons. The third kappa shape index (κ3) is 12.3. The first-order valence-electron chi connectivity index (χ1n) is 9.18. The standard InChI is InChI=1S/C9H17NO2S2.C8H17N.Na.H/c11-9(10(13)14)12-7-6-8-4-2-1-3-5-8;9-7-6-8-4-2-1-3-5-8;;/h8,13-14H,1-7H2;8H,1-7,9H2;;/q;;+1;-1. The van der Waals surface area contributed by atoms with E-state index in [9.17, 15) is 4.79 Å². The first kappa shape index (κ1) is 24.9. The Balaban J connectivity index is 0. The van der Waals surface area contributed by atoms with Crippen LogP contribution in [0.25, 0.3) is 0 Å². The summed E-state index contributed by atoms with van der Waals surface area (Å²) < 4.78 is 5.80. The fourth-order valence-electron chi connectivity index (χ4n) is 3.56. The van der Waals surface area contributed by atoms with Crippen molar-refractivity contribution in [1.29, 1.82) is 0 Å². The molecule has 2 N–H and O–H groups in total. The summed E-state index contributed by atoms with van der Waals surface area (Å²) in [7, 11) is 0. The molecule has 2 saturated carbocycles. The number of nitrogens with zero attached hydrogens (tertiary/aromatic N) is 1. The van der Waals surface area contributed by atoms with E-state index in [2.05, 4.69) is 25.6 Å². The van der Waals surface area contributed by atoms with E-state index in [0.717, 1.165) is 28.5 Å². The molecule has 0 saturated heterocycles. The molecule has 0 heterocycles. The van der Waals surface area contributed by atoms with Crippen molar-refractivity contribution in [2.75, 3.05) is 13.2 Å². The van der Waals surface area contributed by atoms with E-state index >= 15 is 0 Å². The Kier molecular flexibility index (Phi) is 16.8. The molecule has 0 aromatic carbocycles. The topological polar surface area (TPSA) is 55.6 Å². The Labute approximate surface area is 182 Å². The summed E-state index contributed by atoms with van der Waals surface area (Å²) in [5.41, 5.74) is 5.46. The van der Waals surface area contributed by atoms with Gasteiger partial charge in [-0.1, -0.05) is 64.2 Å². The number of hydrogen-bond donors (Lipinski definition) is 3. The summed E-state index contributed by atoms with van der Waals surface area (Å²) in [4.78, 5) is 10.9. The first-order chi connectivity index (χ1) is 11.1. The Morgan fingerprint density at radius 2 is 1.42 bits per heavy atom. The Bertz CT molecular complexity index is 314. The van der Waals surface area contributed by atoms with Gasteiger partial charge in [0.2, 0.25) is 0 Å². The molecular weight excluding hydrogens is 351 g/mol. The van der Waals surface area contributed by atoms with Crippen LogP contribution in [-0.2, 0) is 4.74 Å². The van der Waals surface area contributed by atoms with Crippen molar-refractivity contribution in [3.63, 3.8) is 0 Å². The van der Waals surface area contributed by atoms with Gasteiger partial charge in [0.05, 0.1) is 6.61 Å². The number of thiol groups is 2. The average Bonchev–Trinajstić information content (AvgIpc) is 2.57. The normalized spacial score (nSPS) is 18.8. The average molecular weight is 387 g/mol. The summed E-state index contributed by atoms with van der Waals surface area (Å²) in [6, 6.07) is 0. The second-order valence-corrected chi connectivity index (χ2v) is 7.89. The third-order valence-corrected chi connectivity index (χ3v) is 5.27. The summed E-state index contributed by atoms with van der Waals surface area (Å²) in [5.74, 6) is 1.72. The molecule has 0 aromatic rings. The maximum Gasteiger partial charge on any atom is 1.00 e. The van der Waals surface area contributed by atoms with Crippen molar-refractivity contribution in [2.24, 2.45) is 17.6 Å². The van der Waals surface area contributed by atoms with Gasteiger partial charge in [0, 0.05) is 0 Å². The first-order valence-corrected chi connectivity index (χ1v) is 9.98. The van der Waals surface area contributed by atoms with E-state index in [-0.39, 0.29) is 31.0 Å². The molecule has 7 heteroatoms. The third-order valence-electron chi connectivity index (χ3n) is 4.94. The van der Waals surface area contributed by atoms with E-state index in [1.807, 2.05) is 0 Å². The molecule has 2 aliphatic rings. The van der Waals surface area contributed by atoms with Gasteiger partial charge < -0.3 is 11.9 Å². The van der Waals surface area contributed by atoms with Gasteiger partial charge >= 0.3 is 35.7 Å². The SMILES string of the molecule is NCCC1CCCCC1.O=C(OCCC1CCCCC1)N(S)S.[H-].[Na+]. The minimum atomic E-state index is -0.493. The van der Waals surface area contributed by atoms with Gasteiger partial charge in [-0.2, -0.15) is 3.71 Å². The van der Waals surface area contributed by atoms with Crippen molar-refractivity contribution in [2.45, 2.75) is 77.0 Å². The van der Waals surface area contributed by atoms with E-state index in [1.165, 1.54) is 70.6 Å². The minimum Gasteiger partial charge on any atom is -1.00 e. The quantitative estimate of drug-likeness (QED) is 0.501. The maximum atomic E-state index is 10.9. The van der Waals surface area contributed by atoms with Crippen LogP contribution in [0.4, 0.5) is 4.79 Å². The van der Waals surface area contributed by atoms with E-state index in [0.29, 0.717) is 6.61 Å². The molecule has 4 nitrogen and oxygen atoms in total. The number of carbonyl (C=O) groups excluding carboxylic acids is 1. The number of hydrogen-bond acceptors (Lipinski definition) is 5. The van der Waals surface area contributed by atoms with Crippen molar-refractivity contribution < 1.29 is 40.5 Å². The van der Waals surface area contributed by atoms with Crippen molar-refractivity contribution >= 4 is 31.7 Å². The van der Waals surface area contributed by atoms with E-state index in [4.69, 9.17) is 10.5 Å². The molecule has 2 aliphatic carbocycles. The largest absolute Gasteiger partial charge is 1.00 e. The number of rotatable bonds is 5. The van der Waals surface area contributed by atoms with Crippen LogP contribution >= 0.6 is 25.6 Å². The van der Waals surface area contributed by atoms with Gasteiger partial charge in [0.25, 0.3) is 0 Å². The molecule has 0 atom stereocenters. The van der Waals surface area contributed by atoms with Gasteiger partial charge in [0.1, 0.15) is 0 Å². The second kappa shape index (κ2) is 16.1. The van der Waals surface area contributed by atoms with Gasteiger partial charge in [-0.05, 0) is 56.9 Å². The van der Waals surface area contributed by atoms with Gasteiger partial charge in [-0.3, -0.25) is 0 Å². The summed E-state index contributed by atoms with van der Waals surface area (Å²) in [6.45, 7) is 1.38. The molecule has 2 fully saturated rings. The van der Waals surface area contributed by atoms with Crippen LogP contribution in [-0.4, -0.2) is 23.0 Å². The fraction of sp³-hybridized carbons (Fsp3) is 0.941. The molecule has 0 aliphatic heterocycles. The van der Waals surface area contributed by atoms with E-state index < -0.39 is 6.09 Å². The van der Waals surface area contributed by atoms with Crippen molar-refractivity contribution in [3.8, 4) is 0 Å². The minimum absolute atomic E-state index is 0. The molecule has 0 aromatic heterocycles. The smallest absolute Gasteiger partial charge is 1.00 e. The Morgan fingerprint density at radius 1 is 0.958 bits per heavy atom. The predicted molar refractivity (Wildman–Crippen MR) is 104 cm³/mol. The molecule has 0 unspecified atom stereocenters. The van der Waals surface area contributed by atoms with Crippen LogP contribution in [0, 0.1) is 11.8 Å².